The molecule has 158 valence electrons. The van der Waals surface area contributed by atoms with Gasteiger partial charge in [-0.15, -0.1) is 0 Å². The lowest BCUT2D eigenvalue weighted by Crippen LogP contribution is -3.14. The Kier molecular flexibility index (Phi) is 5.51. The average Bonchev–Trinajstić information content (AvgIpc) is 2.90. The Morgan fingerprint density at radius 2 is 1.70 bits per heavy atom. The summed E-state index contributed by atoms with van der Waals surface area (Å²) < 4.78 is 0. The van der Waals surface area contributed by atoms with Crippen LogP contribution in [0.15, 0.2) is 36.4 Å². The molecular formula is C25H31N2O3+. The minimum Gasteiger partial charge on any atom is -0.375 e. The quantitative estimate of drug-likeness (QED) is 0.749. The third-order valence-electron chi connectivity index (χ3n) is 6.55. The van der Waals surface area contributed by atoms with E-state index in [0.717, 1.165) is 48.3 Å². The predicted molar refractivity (Wildman–Crippen MR) is 117 cm³/mol. The highest BCUT2D eigenvalue weighted by Crippen LogP contribution is 2.42. The minimum atomic E-state index is -1.81. The fraction of sp³-hybridized carbons (Fsp3) is 0.440. The van der Waals surface area contributed by atoms with Gasteiger partial charge in [0, 0.05) is 11.1 Å². The van der Waals surface area contributed by atoms with Crippen molar-refractivity contribution < 1.29 is 19.6 Å². The lowest BCUT2D eigenvalue weighted by Gasteiger charge is -2.29. The fourth-order valence-electron chi connectivity index (χ4n) is 5.21. The van der Waals surface area contributed by atoms with E-state index >= 15 is 0 Å². The van der Waals surface area contributed by atoms with Crippen LogP contribution in [0, 0.1) is 20.8 Å². The van der Waals surface area contributed by atoms with Crippen molar-refractivity contribution in [1.82, 2.24) is 0 Å². The zero-order valence-electron chi connectivity index (χ0n) is 18.1. The number of rotatable bonds is 5. The zero-order chi connectivity index (χ0) is 21.5. The molecule has 0 saturated carbocycles. The number of Topliss-reactive ketones (excluding diaryl/α,β-unsaturated/α-hetero) is 1. The molecule has 2 aromatic rings. The third kappa shape index (κ3) is 3.57. The van der Waals surface area contributed by atoms with Crippen molar-refractivity contribution in [3.63, 3.8) is 0 Å². The second-order valence-electron chi connectivity index (χ2n) is 8.95. The highest BCUT2D eigenvalue weighted by molar-refractivity contribution is 6.11. The summed E-state index contributed by atoms with van der Waals surface area (Å²) in [5, 5.41) is 11.6. The molecule has 1 saturated heterocycles. The van der Waals surface area contributed by atoms with E-state index in [-0.39, 0.29) is 18.1 Å². The van der Waals surface area contributed by atoms with E-state index in [1.165, 1.54) is 11.3 Å². The van der Waals surface area contributed by atoms with Gasteiger partial charge in [0.15, 0.2) is 18.1 Å². The molecule has 5 nitrogen and oxygen atoms in total. The molecule has 1 atom stereocenters. The Balaban J connectivity index is 1.66. The normalized spacial score (nSPS) is 21.7. The first-order valence-corrected chi connectivity index (χ1v) is 10.9. The smallest absolute Gasteiger partial charge is 0.268 e. The second-order valence-corrected chi connectivity index (χ2v) is 8.95. The summed E-state index contributed by atoms with van der Waals surface area (Å²) in [5.74, 6) is -0.569. The molecule has 0 bridgehead atoms. The molecule has 0 aliphatic carbocycles. The van der Waals surface area contributed by atoms with Crippen LogP contribution in [0.1, 0.15) is 58.3 Å². The van der Waals surface area contributed by atoms with E-state index in [9.17, 15) is 14.7 Å². The van der Waals surface area contributed by atoms with Crippen LogP contribution in [0.4, 0.5) is 5.69 Å². The molecule has 2 aromatic carbocycles. The molecule has 2 aliphatic rings. The lowest BCUT2D eigenvalue weighted by molar-refractivity contribution is -0.903. The molecule has 0 unspecified atom stereocenters. The number of anilines is 1. The van der Waals surface area contributed by atoms with E-state index in [2.05, 4.69) is 0 Å². The summed E-state index contributed by atoms with van der Waals surface area (Å²) >= 11 is 0. The maximum absolute atomic E-state index is 13.5. The Hall–Kier alpha value is -2.50. The summed E-state index contributed by atoms with van der Waals surface area (Å²) in [6, 6.07) is 11.3. The number of nitrogens with zero attached hydrogens (tertiary/aromatic N) is 1. The predicted octanol–water partition coefficient (Wildman–Crippen LogP) is 2.45. The number of piperidine rings is 1. The number of aryl methyl sites for hydroxylation is 3. The highest BCUT2D eigenvalue weighted by Gasteiger charge is 2.52. The fourth-order valence-corrected chi connectivity index (χ4v) is 5.21. The summed E-state index contributed by atoms with van der Waals surface area (Å²) in [5.41, 5.74) is 2.93. The number of likely N-dealkylation sites (tertiary alicyclic amines) is 1. The number of fused-ring (bicyclic) bond motifs is 1. The number of hydrogen-bond donors (Lipinski definition) is 2. The summed E-state index contributed by atoms with van der Waals surface area (Å²) in [4.78, 5) is 29.8. The van der Waals surface area contributed by atoms with E-state index in [1.54, 1.807) is 11.0 Å². The maximum atomic E-state index is 13.5. The number of para-hydroxylation sites is 1. The molecular weight excluding hydrogens is 376 g/mol. The Bertz CT molecular complexity index is 971. The van der Waals surface area contributed by atoms with Gasteiger partial charge in [0.1, 0.15) is 0 Å². The lowest BCUT2D eigenvalue weighted by atomic mass is 9.85. The molecule has 0 spiro atoms. The van der Waals surface area contributed by atoms with Crippen molar-refractivity contribution in [2.75, 3.05) is 24.7 Å². The number of carbonyl (C=O) groups is 2. The van der Waals surface area contributed by atoms with Crippen molar-refractivity contribution in [1.29, 1.82) is 0 Å². The Labute approximate surface area is 178 Å². The maximum Gasteiger partial charge on any atom is 0.268 e. The van der Waals surface area contributed by atoms with Gasteiger partial charge in [-0.1, -0.05) is 35.9 Å². The van der Waals surface area contributed by atoms with Crippen LogP contribution < -0.4 is 9.80 Å². The summed E-state index contributed by atoms with van der Waals surface area (Å²) in [6.07, 6.45) is 3.32. The van der Waals surface area contributed by atoms with Crippen molar-refractivity contribution in [2.24, 2.45) is 0 Å². The van der Waals surface area contributed by atoms with Gasteiger partial charge in [0.2, 0.25) is 0 Å². The molecule has 30 heavy (non-hydrogen) atoms. The van der Waals surface area contributed by atoms with E-state index in [0.29, 0.717) is 17.8 Å². The molecule has 0 aromatic heterocycles. The molecule has 1 fully saturated rings. The third-order valence-corrected chi connectivity index (χ3v) is 6.55. The first-order valence-electron chi connectivity index (χ1n) is 10.9. The van der Waals surface area contributed by atoms with Gasteiger partial charge in [-0.05, 0) is 57.2 Å². The molecule has 2 aliphatic heterocycles. The topological polar surface area (TPSA) is 62.0 Å². The van der Waals surface area contributed by atoms with E-state index < -0.39 is 5.60 Å². The highest BCUT2D eigenvalue weighted by atomic mass is 16.3. The van der Waals surface area contributed by atoms with Gasteiger partial charge in [-0.2, -0.15) is 0 Å². The number of carbonyl (C=O) groups excluding carboxylic acids is 2. The molecule has 1 amide bonds. The van der Waals surface area contributed by atoms with E-state index in [1.807, 2.05) is 51.1 Å². The molecule has 2 N–H and O–H groups in total. The van der Waals surface area contributed by atoms with Crippen LogP contribution >= 0.6 is 0 Å². The molecule has 2 heterocycles. The molecule has 4 rings (SSSR count). The minimum absolute atomic E-state index is 0.192. The molecule has 0 radical (unpaired) electrons. The SMILES string of the molecule is Cc1cc(C)c(C(=O)C[C@]2(O)C(=O)N(C[NH+]3CCCCC3)c3ccccc32)c(C)c1. The van der Waals surface area contributed by atoms with Crippen molar-refractivity contribution in [3.8, 4) is 0 Å². The number of nitrogens with one attached hydrogen (secondary N) is 1. The largest absolute Gasteiger partial charge is 0.375 e. The number of hydrogen-bond acceptors (Lipinski definition) is 3. The number of quaternary nitrogens is 1. The standard InChI is InChI=1S/C25H30N2O3/c1-17-13-18(2)23(19(3)14-17)22(28)15-25(30)20-9-5-6-10-21(20)27(24(25)29)16-26-11-7-4-8-12-26/h5-6,9-10,13-14,30H,4,7-8,11-12,15-16H2,1-3H3/p+1/t25-/m1/s1. The van der Waals surface area contributed by atoms with Gasteiger partial charge < -0.3 is 10.0 Å². The second kappa shape index (κ2) is 7.97. The molecule has 5 heteroatoms. The van der Waals surface area contributed by atoms with Gasteiger partial charge in [-0.3, -0.25) is 14.5 Å². The number of ketones is 1. The van der Waals surface area contributed by atoms with Crippen molar-refractivity contribution >= 4 is 17.4 Å². The number of aliphatic hydroxyl groups is 1. The van der Waals surface area contributed by atoms with Gasteiger partial charge >= 0.3 is 0 Å². The van der Waals surface area contributed by atoms with Crippen molar-refractivity contribution in [3.05, 3.63) is 64.2 Å². The number of benzene rings is 2. The summed E-state index contributed by atoms with van der Waals surface area (Å²) in [6.45, 7) is 8.42. The first kappa shape index (κ1) is 20.8. The van der Waals surface area contributed by atoms with Crippen LogP contribution in [0.25, 0.3) is 0 Å². The summed E-state index contributed by atoms with van der Waals surface area (Å²) in [7, 11) is 0. The van der Waals surface area contributed by atoms with Crippen LogP contribution in [0.3, 0.4) is 0 Å². The number of amides is 1. The van der Waals surface area contributed by atoms with Crippen LogP contribution in [-0.2, 0) is 10.4 Å². The van der Waals surface area contributed by atoms with Crippen molar-refractivity contribution in [2.45, 2.75) is 52.1 Å². The van der Waals surface area contributed by atoms with Gasteiger partial charge in [0.05, 0.1) is 25.2 Å². The van der Waals surface area contributed by atoms with Gasteiger partial charge in [0.25, 0.3) is 5.91 Å². The first-order chi connectivity index (χ1) is 14.3. The zero-order valence-corrected chi connectivity index (χ0v) is 18.1. The van der Waals surface area contributed by atoms with Crippen LogP contribution in [0.5, 0.6) is 0 Å². The van der Waals surface area contributed by atoms with Crippen LogP contribution in [0.2, 0.25) is 0 Å². The van der Waals surface area contributed by atoms with Gasteiger partial charge in [-0.25, -0.2) is 0 Å². The Morgan fingerprint density at radius 1 is 1.07 bits per heavy atom. The Morgan fingerprint density at radius 3 is 2.37 bits per heavy atom. The monoisotopic (exact) mass is 407 g/mol. The van der Waals surface area contributed by atoms with Crippen LogP contribution in [-0.4, -0.2) is 36.6 Å². The average molecular weight is 408 g/mol. The van der Waals surface area contributed by atoms with E-state index in [4.69, 9.17) is 0 Å².